The molecular formula is C26H34N6O. The number of carbonyl (C=O) groups excluding carboxylic acids is 1. The van der Waals surface area contributed by atoms with Gasteiger partial charge in [0.15, 0.2) is 0 Å². The molecule has 1 aliphatic heterocycles. The fourth-order valence-electron chi connectivity index (χ4n) is 4.66. The summed E-state index contributed by atoms with van der Waals surface area (Å²) in [6.07, 6.45) is 9.84. The van der Waals surface area contributed by atoms with Crippen LogP contribution in [0.15, 0.2) is 43.0 Å². The van der Waals surface area contributed by atoms with E-state index in [1.54, 1.807) is 12.5 Å². The molecule has 1 saturated heterocycles. The van der Waals surface area contributed by atoms with E-state index in [4.69, 9.17) is 9.97 Å². The highest BCUT2D eigenvalue weighted by Gasteiger charge is 2.29. The van der Waals surface area contributed by atoms with E-state index in [1.165, 1.54) is 5.56 Å². The Morgan fingerprint density at radius 1 is 1.18 bits per heavy atom. The van der Waals surface area contributed by atoms with E-state index in [1.807, 2.05) is 24.6 Å². The van der Waals surface area contributed by atoms with Gasteiger partial charge in [-0.1, -0.05) is 36.8 Å². The van der Waals surface area contributed by atoms with Gasteiger partial charge in [-0.25, -0.2) is 9.97 Å². The lowest BCUT2D eigenvalue weighted by atomic mass is 9.97. The van der Waals surface area contributed by atoms with Crippen molar-refractivity contribution in [2.75, 3.05) is 11.4 Å². The zero-order valence-electron chi connectivity index (χ0n) is 20.1. The molecule has 3 heterocycles. The van der Waals surface area contributed by atoms with Crippen LogP contribution in [0, 0.1) is 13.8 Å². The Bertz CT molecular complexity index is 1080. The number of anilines is 1. The molecule has 1 amide bonds. The van der Waals surface area contributed by atoms with Crippen molar-refractivity contribution in [3.8, 4) is 5.95 Å². The number of nitrogens with one attached hydrogen (secondary N) is 1. The van der Waals surface area contributed by atoms with Gasteiger partial charge in [-0.3, -0.25) is 9.36 Å². The van der Waals surface area contributed by atoms with Gasteiger partial charge in [0, 0.05) is 42.7 Å². The zero-order chi connectivity index (χ0) is 23.4. The number of imidazole rings is 1. The van der Waals surface area contributed by atoms with E-state index < -0.39 is 0 Å². The summed E-state index contributed by atoms with van der Waals surface area (Å²) in [5.74, 6) is 1.66. The maximum atomic E-state index is 13.0. The molecule has 1 N–H and O–H groups in total. The van der Waals surface area contributed by atoms with Crippen LogP contribution in [-0.2, 0) is 11.2 Å². The van der Waals surface area contributed by atoms with Gasteiger partial charge >= 0.3 is 0 Å². The third-order valence-corrected chi connectivity index (χ3v) is 6.54. The number of rotatable bonds is 7. The molecule has 4 rings (SSSR count). The second kappa shape index (κ2) is 10.1. The summed E-state index contributed by atoms with van der Waals surface area (Å²) in [5, 5.41) is 3.20. The molecule has 0 spiro atoms. The smallest absolute Gasteiger partial charge is 0.237 e. The minimum Gasteiger partial charge on any atom is -0.353 e. The Morgan fingerprint density at radius 2 is 1.97 bits per heavy atom. The topological polar surface area (TPSA) is 75.9 Å². The van der Waals surface area contributed by atoms with Crippen LogP contribution in [0.2, 0.25) is 0 Å². The van der Waals surface area contributed by atoms with Crippen LogP contribution >= 0.6 is 0 Å². The average Bonchev–Trinajstić information content (AvgIpc) is 3.34. The fraction of sp³-hybridized carbons (Fsp3) is 0.462. The van der Waals surface area contributed by atoms with Crippen molar-refractivity contribution in [1.82, 2.24) is 24.8 Å². The number of hydrogen-bond donors (Lipinski definition) is 1. The van der Waals surface area contributed by atoms with E-state index in [0.29, 0.717) is 12.4 Å². The van der Waals surface area contributed by atoms with E-state index >= 15 is 0 Å². The molecule has 7 nitrogen and oxygen atoms in total. The van der Waals surface area contributed by atoms with Gasteiger partial charge in [-0.15, -0.1) is 0 Å². The van der Waals surface area contributed by atoms with Crippen LogP contribution in [0.25, 0.3) is 5.95 Å². The predicted molar refractivity (Wildman–Crippen MR) is 131 cm³/mol. The number of aromatic nitrogens is 4. The number of aryl methyl sites for hydroxylation is 2. The molecule has 0 saturated carbocycles. The Kier molecular flexibility index (Phi) is 7.06. The van der Waals surface area contributed by atoms with Gasteiger partial charge in [0.05, 0.1) is 6.04 Å². The number of nitrogens with zero attached hydrogens (tertiary/aromatic N) is 5. The summed E-state index contributed by atoms with van der Waals surface area (Å²) in [5.41, 5.74) is 4.48. The second-order valence-corrected chi connectivity index (χ2v) is 8.98. The first kappa shape index (κ1) is 23.0. The lowest BCUT2D eigenvalue weighted by Gasteiger charge is -2.38. The standard InChI is InChI=1S/C26H34N6O/c1-5-23-20(4)29-26(31-15-13-27-17-31)30-25(23)32-14-7-6-8-22(32)16-24(33)28-19(3)21-11-9-18(2)10-12-21/h9-13,15,17,19,22H,5-8,14,16H2,1-4H3,(H,28,33). The third-order valence-electron chi connectivity index (χ3n) is 6.54. The second-order valence-electron chi connectivity index (χ2n) is 8.98. The lowest BCUT2D eigenvalue weighted by Crippen LogP contribution is -2.44. The van der Waals surface area contributed by atoms with Crippen LogP contribution in [0.1, 0.15) is 68.0 Å². The number of benzene rings is 1. The van der Waals surface area contributed by atoms with Crippen LogP contribution in [0.4, 0.5) is 5.82 Å². The molecule has 33 heavy (non-hydrogen) atoms. The van der Waals surface area contributed by atoms with E-state index in [0.717, 1.165) is 54.9 Å². The summed E-state index contributed by atoms with van der Waals surface area (Å²) in [4.78, 5) is 29.2. The summed E-state index contributed by atoms with van der Waals surface area (Å²) in [6.45, 7) is 9.20. The minimum atomic E-state index is -0.0181. The molecule has 0 aliphatic carbocycles. The highest BCUT2D eigenvalue weighted by Crippen LogP contribution is 2.30. The first-order valence-corrected chi connectivity index (χ1v) is 11.9. The summed E-state index contributed by atoms with van der Waals surface area (Å²) in [6, 6.07) is 8.45. The molecule has 2 aromatic heterocycles. The first-order valence-electron chi connectivity index (χ1n) is 11.9. The Labute approximate surface area is 196 Å². The summed E-state index contributed by atoms with van der Waals surface area (Å²) < 4.78 is 1.84. The summed E-state index contributed by atoms with van der Waals surface area (Å²) >= 11 is 0. The SMILES string of the molecule is CCc1c(C)nc(-n2ccnc2)nc1N1CCCCC1CC(=O)NC(C)c1ccc(C)cc1. The number of piperidine rings is 1. The van der Waals surface area contributed by atoms with Crippen molar-refractivity contribution in [3.05, 3.63) is 65.4 Å². The molecule has 2 atom stereocenters. The molecular weight excluding hydrogens is 412 g/mol. The lowest BCUT2D eigenvalue weighted by molar-refractivity contribution is -0.122. The maximum absolute atomic E-state index is 13.0. The number of carbonyl (C=O) groups is 1. The highest BCUT2D eigenvalue weighted by molar-refractivity contribution is 5.77. The van der Waals surface area contributed by atoms with Crippen LogP contribution in [0.5, 0.6) is 0 Å². The molecule has 3 aromatic rings. The molecule has 1 aliphatic rings. The highest BCUT2D eigenvalue weighted by atomic mass is 16.1. The van der Waals surface area contributed by atoms with Gasteiger partial charge in [-0.2, -0.15) is 4.98 Å². The van der Waals surface area contributed by atoms with Gasteiger partial charge in [0.2, 0.25) is 11.9 Å². The van der Waals surface area contributed by atoms with E-state index in [2.05, 4.69) is 53.3 Å². The Hall–Kier alpha value is -3.22. The zero-order valence-corrected chi connectivity index (χ0v) is 20.1. The van der Waals surface area contributed by atoms with Gasteiger partial charge in [0.25, 0.3) is 0 Å². The molecule has 1 aromatic carbocycles. The number of amides is 1. The quantitative estimate of drug-likeness (QED) is 0.580. The van der Waals surface area contributed by atoms with Crippen molar-refractivity contribution in [1.29, 1.82) is 0 Å². The molecule has 1 fully saturated rings. The summed E-state index contributed by atoms with van der Waals surface area (Å²) in [7, 11) is 0. The Balaban J connectivity index is 1.55. The maximum Gasteiger partial charge on any atom is 0.237 e. The van der Waals surface area contributed by atoms with Crippen LogP contribution in [0.3, 0.4) is 0 Å². The van der Waals surface area contributed by atoms with Crippen molar-refractivity contribution < 1.29 is 4.79 Å². The number of hydrogen-bond acceptors (Lipinski definition) is 5. The van der Waals surface area contributed by atoms with E-state index in [9.17, 15) is 4.79 Å². The van der Waals surface area contributed by atoms with Crippen LogP contribution in [-0.4, -0.2) is 38.0 Å². The van der Waals surface area contributed by atoms with E-state index in [-0.39, 0.29) is 18.0 Å². The fourth-order valence-corrected chi connectivity index (χ4v) is 4.66. The van der Waals surface area contributed by atoms with Crippen molar-refractivity contribution >= 4 is 11.7 Å². The molecule has 0 radical (unpaired) electrons. The third kappa shape index (κ3) is 5.24. The molecule has 2 unspecified atom stereocenters. The monoisotopic (exact) mass is 446 g/mol. The molecule has 174 valence electrons. The van der Waals surface area contributed by atoms with Gasteiger partial charge in [-0.05, 0) is 52.0 Å². The van der Waals surface area contributed by atoms with Crippen LogP contribution < -0.4 is 10.2 Å². The van der Waals surface area contributed by atoms with Gasteiger partial charge in [0.1, 0.15) is 12.1 Å². The van der Waals surface area contributed by atoms with Gasteiger partial charge < -0.3 is 10.2 Å². The molecule has 7 heteroatoms. The molecule has 0 bridgehead atoms. The van der Waals surface area contributed by atoms with Crippen molar-refractivity contribution in [3.63, 3.8) is 0 Å². The largest absolute Gasteiger partial charge is 0.353 e. The minimum absolute atomic E-state index is 0.0181. The first-order chi connectivity index (χ1) is 16.0. The van der Waals surface area contributed by atoms with Crippen molar-refractivity contribution in [2.24, 2.45) is 0 Å². The predicted octanol–water partition coefficient (Wildman–Crippen LogP) is 4.47. The Morgan fingerprint density at radius 3 is 2.67 bits per heavy atom. The van der Waals surface area contributed by atoms with Crippen molar-refractivity contribution in [2.45, 2.75) is 71.9 Å². The normalized spacial score (nSPS) is 17.1. The average molecular weight is 447 g/mol.